The number of hydrogen-bond acceptors (Lipinski definition) is 4. The molecule has 0 saturated carbocycles. The topological polar surface area (TPSA) is 77.7 Å². The maximum absolute atomic E-state index is 10.7. The summed E-state index contributed by atoms with van der Waals surface area (Å²) in [5, 5.41) is 21.2. The van der Waals surface area contributed by atoms with Gasteiger partial charge in [-0.05, 0) is 33.4 Å². The highest BCUT2D eigenvalue weighted by Gasteiger charge is 2.25. The quantitative estimate of drug-likeness (QED) is 0.307. The molecule has 0 bridgehead atoms. The first-order valence-corrected chi connectivity index (χ1v) is 8.44. The van der Waals surface area contributed by atoms with Crippen molar-refractivity contribution in [3.8, 4) is 0 Å². The number of nitrogens with zero attached hydrogens (tertiary/aromatic N) is 4. The van der Waals surface area contributed by atoms with Crippen LogP contribution in [0.25, 0.3) is 0 Å². The van der Waals surface area contributed by atoms with Crippen molar-refractivity contribution in [2.75, 3.05) is 40.3 Å². The number of rotatable bonds is 8. The molecule has 1 aromatic rings. The van der Waals surface area contributed by atoms with Gasteiger partial charge in [0.15, 0.2) is 5.96 Å². The Bertz CT molecular complexity index is 539. The molecule has 7 nitrogen and oxygen atoms in total. The fourth-order valence-electron chi connectivity index (χ4n) is 2.60. The van der Waals surface area contributed by atoms with Crippen LogP contribution in [0.5, 0.6) is 0 Å². The smallest absolute Gasteiger partial charge is 0.191 e. The SMILES string of the molecule is CCNC(=NCC(C)(C)CN(C)C)NCC(C)(O)c1cnn(C)c1.I. The second-order valence-corrected chi connectivity index (χ2v) is 7.63. The number of nitrogens with one attached hydrogen (secondary N) is 2. The van der Waals surface area contributed by atoms with Crippen LogP contribution in [0, 0.1) is 5.41 Å². The van der Waals surface area contributed by atoms with Crippen LogP contribution >= 0.6 is 24.0 Å². The van der Waals surface area contributed by atoms with Crippen molar-refractivity contribution in [3.05, 3.63) is 18.0 Å². The highest BCUT2D eigenvalue weighted by molar-refractivity contribution is 14.0. The summed E-state index contributed by atoms with van der Waals surface area (Å²) >= 11 is 0. The van der Waals surface area contributed by atoms with E-state index in [0.717, 1.165) is 18.7 Å². The van der Waals surface area contributed by atoms with Gasteiger partial charge in [-0.1, -0.05) is 13.8 Å². The molecule has 0 aromatic carbocycles. The lowest BCUT2D eigenvalue weighted by molar-refractivity contribution is 0.0616. The van der Waals surface area contributed by atoms with E-state index in [-0.39, 0.29) is 29.4 Å². The highest BCUT2D eigenvalue weighted by atomic mass is 127. The van der Waals surface area contributed by atoms with E-state index in [4.69, 9.17) is 0 Å². The Morgan fingerprint density at radius 2 is 1.96 bits per heavy atom. The molecule has 8 heteroatoms. The molecule has 1 aromatic heterocycles. The van der Waals surface area contributed by atoms with Crippen molar-refractivity contribution in [1.29, 1.82) is 0 Å². The Balaban J connectivity index is 0.00000576. The molecule has 1 heterocycles. The van der Waals surface area contributed by atoms with Gasteiger partial charge in [0.05, 0.1) is 12.7 Å². The molecule has 0 amide bonds. The lowest BCUT2D eigenvalue weighted by Crippen LogP contribution is -2.45. The summed E-state index contributed by atoms with van der Waals surface area (Å²) in [6.07, 6.45) is 3.51. The molecule has 1 rings (SSSR count). The summed E-state index contributed by atoms with van der Waals surface area (Å²) in [5.41, 5.74) is -0.150. The van der Waals surface area contributed by atoms with Gasteiger partial charge < -0.3 is 20.6 Å². The van der Waals surface area contributed by atoms with E-state index >= 15 is 0 Å². The molecule has 25 heavy (non-hydrogen) atoms. The summed E-state index contributed by atoms with van der Waals surface area (Å²) in [6, 6.07) is 0. The van der Waals surface area contributed by atoms with E-state index in [9.17, 15) is 5.11 Å². The zero-order valence-corrected chi connectivity index (χ0v) is 19.0. The first kappa shape index (κ1) is 24.1. The molecule has 1 atom stereocenters. The third-order valence-corrected chi connectivity index (χ3v) is 3.68. The minimum absolute atomic E-state index is 0. The van der Waals surface area contributed by atoms with Crippen LogP contribution in [0.3, 0.4) is 0 Å². The predicted molar refractivity (Wildman–Crippen MR) is 115 cm³/mol. The highest BCUT2D eigenvalue weighted by Crippen LogP contribution is 2.19. The van der Waals surface area contributed by atoms with Gasteiger partial charge in [0, 0.05) is 38.4 Å². The van der Waals surface area contributed by atoms with Gasteiger partial charge >= 0.3 is 0 Å². The summed E-state index contributed by atoms with van der Waals surface area (Å²) in [5.74, 6) is 0.716. The third-order valence-electron chi connectivity index (χ3n) is 3.68. The summed E-state index contributed by atoms with van der Waals surface area (Å²) in [4.78, 5) is 6.85. The van der Waals surface area contributed by atoms with Crippen LogP contribution in [0.15, 0.2) is 17.4 Å². The molecular formula is C17H35IN6O. The lowest BCUT2D eigenvalue weighted by atomic mass is 9.93. The first-order chi connectivity index (χ1) is 11.1. The zero-order chi connectivity index (χ0) is 18.4. The molecular weight excluding hydrogens is 431 g/mol. The van der Waals surface area contributed by atoms with E-state index in [1.165, 1.54) is 0 Å². The minimum Gasteiger partial charge on any atom is -0.383 e. The maximum atomic E-state index is 10.7. The maximum Gasteiger partial charge on any atom is 0.191 e. The Hall–Kier alpha value is -0.870. The van der Waals surface area contributed by atoms with Gasteiger partial charge in [0.2, 0.25) is 0 Å². The normalized spacial score (nSPS) is 14.8. The Morgan fingerprint density at radius 3 is 2.44 bits per heavy atom. The van der Waals surface area contributed by atoms with Crippen LogP contribution in [0.4, 0.5) is 0 Å². The van der Waals surface area contributed by atoms with Gasteiger partial charge in [0.25, 0.3) is 0 Å². The van der Waals surface area contributed by atoms with Crippen molar-refractivity contribution in [2.45, 2.75) is 33.3 Å². The molecule has 0 fully saturated rings. The number of aliphatic hydroxyl groups is 1. The molecule has 0 aliphatic rings. The fourth-order valence-corrected chi connectivity index (χ4v) is 2.60. The number of aliphatic imine (C=N–C) groups is 1. The van der Waals surface area contributed by atoms with Crippen LogP contribution in [0.2, 0.25) is 0 Å². The lowest BCUT2D eigenvalue weighted by Gasteiger charge is -2.27. The number of guanidine groups is 1. The number of halogens is 1. The van der Waals surface area contributed by atoms with Gasteiger partial charge in [-0.15, -0.1) is 24.0 Å². The van der Waals surface area contributed by atoms with E-state index in [1.54, 1.807) is 17.8 Å². The van der Waals surface area contributed by atoms with E-state index in [0.29, 0.717) is 19.0 Å². The van der Waals surface area contributed by atoms with E-state index in [1.807, 2.05) is 20.2 Å². The van der Waals surface area contributed by atoms with E-state index in [2.05, 4.69) is 53.6 Å². The Morgan fingerprint density at radius 1 is 1.32 bits per heavy atom. The first-order valence-electron chi connectivity index (χ1n) is 8.44. The third kappa shape index (κ3) is 8.87. The molecule has 0 aliphatic carbocycles. The zero-order valence-electron chi connectivity index (χ0n) is 16.6. The van der Waals surface area contributed by atoms with Crippen molar-refractivity contribution in [3.63, 3.8) is 0 Å². The van der Waals surface area contributed by atoms with E-state index < -0.39 is 5.60 Å². The summed E-state index contributed by atoms with van der Waals surface area (Å²) in [6.45, 7) is 11.0. The van der Waals surface area contributed by atoms with Crippen molar-refractivity contribution in [1.82, 2.24) is 25.3 Å². The number of hydrogen-bond donors (Lipinski definition) is 3. The van der Waals surface area contributed by atoms with Gasteiger partial charge in [-0.2, -0.15) is 5.10 Å². The monoisotopic (exact) mass is 466 g/mol. The van der Waals surface area contributed by atoms with Crippen molar-refractivity contribution < 1.29 is 5.11 Å². The number of aryl methyl sites for hydroxylation is 1. The van der Waals surface area contributed by atoms with Crippen molar-refractivity contribution in [2.24, 2.45) is 17.5 Å². The Labute approximate surface area is 169 Å². The molecule has 1 unspecified atom stereocenters. The van der Waals surface area contributed by atoms with Crippen LogP contribution < -0.4 is 10.6 Å². The molecule has 0 spiro atoms. The van der Waals surface area contributed by atoms with Gasteiger partial charge in [-0.25, -0.2) is 0 Å². The molecule has 0 aliphatic heterocycles. The largest absolute Gasteiger partial charge is 0.383 e. The molecule has 0 saturated heterocycles. The van der Waals surface area contributed by atoms with Crippen LogP contribution in [-0.2, 0) is 12.6 Å². The van der Waals surface area contributed by atoms with Gasteiger partial charge in [-0.3, -0.25) is 9.67 Å². The molecule has 0 radical (unpaired) electrons. The molecule has 146 valence electrons. The number of aromatic nitrogens is 2. The standard InChI is InChI=1S/C17H34N6O.HI/c1-8-18-15(19-11-16(2,3)13-22(5)6)20-12-17(4,24)14-9-21-23(7)10-14;/h9-10,24H,8,11-13H2,1-7H3,(H2,18,19,20);1H. The average Bonchev–Trinajstić information content (AvgIpc) is 2.88. The molecule has 3 N–H and O–H groups in total. The van der Waals surface area contributed by atoms with Crippen LogP contribution in [-0.4, -0.2) is 66.0 Å². The second kappa shape index (κ2) is 10.3. The van der Waals surface area contributed by atoms with Crippen molar-refractivity contribution >= 4 is 29.9 Å². The fraction of sp³-hybridized carbons (Fsp3) is 0.765. The summed E-state index contributed by atoms with van der Waals surface area (Å²) in [7, 11) is 5.98. The minimum atomic E-state index is -1.01. The summed E-state index contributed by atoms with van der Waals surface area (Å²) < 4.78 is 1.69. The van der Waals surface area contributed by atoms with Gasteiger partial charge in [0.1, 0.15) is 5.60 Å². The second-order valence-electron chi connectivity index (χ2n) is 7.63. The van der Waals surface area contributed by atoms with Crippen LogP contribution in [0.1, 0.15) is 33.3 Å². The Kier molecular flexibility index (Phi) is 9.96. The average molecular weight is 466 g/mol. The predicted octanol–water partition coefficient (Wildman–Crippen LogP) is 1.39.